The van der Waals surface area contributed by atoms with Crippen LogP contribution < -0.4 is 5.32 Å². The van der Waals surface area contributed by atoms with E-state index in [9.17, 15) is 9.18 Å². The number of carbonyl (C=O) groups is 1. The third-order valence-electron chi connectivity index (χ3n) is 1.95. The minimum atomic E-state index is -0.312. The zero-order valence-corrected chi connectivity index (χ0v) is 8.22. The van der Waals surface area contributed by atoms with E-state index in [1.807, 2.05) is 6.92 Å². The minimum Gasteiger partial charge on any atom is -0.317 e. The van der Waals surface area contributed by atoms with Gasteiger partial charge < -0.3 is 5.32 Å². The Labute approximate surface area is 83.1 Å². The Morgan fingerprint density at radius 1 is 1.36 bits per heavy atom. The van der Waals surface area contributed by atoms with Crippen molar-refractivity contribution >= 4 is 5.78 Å². The lowest BCUT2D eigenvalue weighted by Gasteiger charge is -2.01. The minimum absolute atomic E-state index is 0.0472. The summed E-state index contributed by atoms with van der Waals surface area (Å²) in [6.07, 6.45) is 0.458. The number of benzene rings is 1. The fraction of sp³-hybridized carbons (Fsp3) is 0.364. The first-order valence-corrected chi connectivity index (χ1v) is 4.73. The molecule has 0 aromatic heterocycles. The largest absolute Gasteiger partial charge is 0.317 e. The molecule has 1 rings (SSSR count). The SMILES string of the molecule is CCNCCC(=O)c1ccc(F)cc1. The molecule has 0 atom stereocenters. The van der Waals surface area contributed by atoms with Gasteiger partial charge in [0.1, 0.15) is 5.82 Å². The summed E-state index contributed by atoms with van der Waals surface area (Å²) in [6, 6.07) is 5.65. The molecule has 0 bridgehead atoms. The van der Waals surface area contributed by atoms with E-state index < -0.39 is 0 Å². The van der Waals surface area contributed by atoms with Gasteiger partial charge in [0.05, 0.1) is 0 Å². The van der Waals surface area contributed by atoms with Crippen LogP contribution in [-0.4, -0.2) is 18.9 Å². The fourth-order valence-electron chi connectivity index (χ4n) is 1.16. The summed E-state index contributed by atoms with van der Waals surface area (Å²) in [5, 5.41) is 3.07. The van der Waals surface area contributed by atoms with E-state index in [1.165, 1.54) is 24.3 Å². The molecule has 0 aliphatic carbocycles. The molecule has 0 aliphatic rings. The smallest absolute Gasteiger partial charge is 0.164 e. The van der Waals surface area contributed by atoms with Crippen LogP contribution in [0.15, 0.2) is 24.3 Å². The zero-order valence-electron chi connectivity index (χ0n) is 8.22. The fourth-order valence-corrected chi connectivity index (χ4v) is 1.16. The van der Waals surface area contributed by atoms with Crippen LogP contribution in [0.3, 0.4) is 0 Å². The molecule has 0 fully saturated rings. The van der Waals surface area contributed by atoms with Crippen LogP contribution in [0.2, 0.25) is 0 Å². The predicted molar refractivity (Wildman–Crippen MR) is 53.9 cm³/mol. The lowest BCUT2D eigenvalue weighted by atomic mass is 10.1. The van der Waals surface area contributed by atoms with Crippen LogP contribution in [0.1, 0.15) is 23.7 Å². The second-order valence-electron chi connectivity index (χ2n) is 3.03. The molecule has 3 heteroatoms. The number of halogens is 1. The molecule has 0 amide bonds. The zero-order chi connectivity index (χ0) is 10.4. The van der Waals surface area contributed by atoms with E-state index in [4.69, 9.17) is 0 Å². The van der Waals surface area contributed by atoms with Gasteiger partial charge in [0.2, 0.25) is 0 Å². The Bertz CT molecular complexity index is 295. The highest BCUT2D eigenvalue weighted by Crippen LogP contribution is 2.05. The molecule has 1 aromatic carbocycles. The summed E-state index contributed by atoms with van der Waals surface area (Å²) in [7, 11) is 0. The summed E-state index contributed by atoms with van der Waals surface area (Å²) in [5.74, 6) is -0.265. The average molecular weight is 195 g/mol. The van der Waals surface area contributed by atoms with Crippen molar-refractivity contribution in [3.63, 3.8) is 0 Å². The van der Waals surface area contributed by atoms with Gasteiger partial charge in [0, 0.05) is 18.5 Å². The van der Waals surface area contributed by atoms with Crippen molar-refractivity contribution in [3.05, 3.63) is 35.6 Å². The number of hydrogen-bond donors (Lipinski definition) is 1. The first-order chi connectivity index (χ1) is 6.74. The normalized spacial score (nSPS) is 10.1. The number of Topliss-reactive ketones (excluding diaryl/α,β-unsaturated/α-hetero) is 1. The van der Waals surface area contributed by atoms with Crippen molar-refractivity contribution in [2.24, 2.45) is 0 Å². The van der Waals surface area contributed by atoms with Gasteiger partial charge in [-0.1, -0.05) is 6.92 Å². The molecular formula is C11H14FNO. The van der Waals surface area contributed by atoms with Gasteiger partial charge in [-0.25, -0.2) is 4.39 Å². The Hall–Kier alpha value is -1.22. The average Bonchev–Trinajstić information content (AvgIpc) is 2.19. The summed E-state index contributed by atoms with van der Waals surface area (Å²) in [6.45, 7) is 3.52. The molecule has 1 aromatic rings. The molecule has 14 heavy (non-hydrogen) atoms. The summed E-state index contributed by atoms with van der Waals surface area (Å²) in [5.41, 5.74) is 0.573. The van der Waals surface area contributed by atoms with Gasteiger partial charge in [0.25, 0.3) is 0 Å². The molecule has 0 saturated heterocycles. The second-order valence-corrected chi connectivity index (χ2v) is 3.03. The van der Waals surface area contributed by atoms with Crippen molar-refractivity contribution in [1.29, 1.82) is 0 Å². The van der Waals surface area contributed by atoms with Crippen molar-refractivity contribution in [2.75, 3.05) is 13.1 Å². The van der Waals surface area contributed by atoms with Crippen LogP contribution in [0.5, 0.6) is 0 Å². The van der Waals surface area contributed by atoms with Crippen LogP contribution in [0.25, 0.3) is 0 Å². The van der Waals surface area contributed by atoms with Crippen LogP contribution in [0.4, 0.5) is 4.39 Å². The van der Waals surface area contributed by atoms with E-state index in [-0.39, 0.29) is 11.6 Å². The molecule has 76 valence electrons. The van der Waals surface area contributed by atoms with E-state index in [0.29, 0.717) is 18.5 Å². The number of carbonyl (C=O) groups excluding carboxylic acids is 1. The first-order valence-electron chi connectivity index (χ1n) is 4.73. The van der Waals surface area contributed by atoms with Crippen LogP contribution in [-0.2, 0) is 0 Å². The molecule has 0 unspecified atom stereocenters. The molecule has 2 nitrogen and oxygen atoms in total. The lowest BCUT2D eigenvalue weighted by Crippen LogP contribution is -2.17. The van der Waals surface area contributed by atoms with Gasteiger partial charge in [-0.2, -0.15) is 0 Å². The Morgan fingerprint density at radius 3 is 2.57 bits per heavy atom. The number of rotatable bonds is 5. The van der Waals surface area contributed by atoms with Gasteiger partial charge >= 0.3 is 0 Å². The van der Waals surface area contributed by atoms with Gasteiger partial charge in [-0.05, 0) is 30.8 Å². The standard InChI is InChI=1S/C11H14FNO/c1-2-13-8-7-11(14)9-3-5-10(12)6-4-9/h3-6,13H,2,7-8H2,1H3. The molecule has 0 spiro atoms. The highest BCUT2D eigenvalue weighted by atomic mass is 19.1. The molecule has 0 radical (unpaired) electrons. The molecule has 0 aliphatic heterocycles. The highest BCUT2D eigenvalue weighted by Gasteiger charge is 2.04. The number of nitrogens with one attached hydrogen (secondary N) is 1. The van der Waals surface area contributed by atoms with Crippen LogP contribution in [0, 0.1) is 5.82 Å². The van der Waals surface area contributed by atoms with Crippen molar-refractivity contribution in [3.8, 4) is 0 Å². The quantitative estimate of drug-likeness (QED) is 0.575. The summed E-state index contributed by atoms with van der Waals surface area (Å²) >= 11 is 0. The van der Waals surface area contributed by atoms with E-state index in [0.717, 1.165) is 6.54 Å². The van der Waals surface area contributed by atoms with Crippen molar-refractivity contribution in [1.82, 2.24) is 5.32 Å². The first kappa shape index (κ1) is 10.9. The van der Waals surface area contributed by atoms with E-state index in [2.05, 4.69) is 5.32 Å². The van der Waals surface area contributed by atoms with Gasteiger partial charge in [0.15, 0.2) is 5.78 Å². The highest BCUT2D eigenvalue weighted by molar-refractivity contribution is 5.96. The van der Waals surface area contributed by atoms with Gasteiger partial charge in [-0.3, -0.25) is 4.79 Å². The van der Waals surface area contributed by atoms with Crippen LogP contribution >= 0.6 is 0 Å². The third-order valence-corrected chi connectivity index (χ3v) is 1.95. The molecule has 0 saturated carbocycles. The summed E-state index contributed by atoms with van der Waals surface area (Å²) in [4.78, 5) is 11.5. The predicted octanol–water partition coefficient (Wildman–Crippen LogP) is 2.01. The second kappa shape index (κ2) is 5.50. The molecule has 0 heterocycles. The number of hydrogen-bond acceptors (Lipinski definition) is 2. The van der Waals surface area contributed by atoms with Crippen molar-refractivity contribution < 1.29 is 9.18 Å². The van der Waals surface area contributed by atoms with E-state index >= 15 is 0 Å². The van der Waals surface area contributed by atoms with E-state index in [1.54, 1.807) is 0 Å². The Kier molecular flexibility index (Phi) is 4.26. The topological polar surface area (TPSA) is 29.1 Å². The summed E-state index contributed by atoms with van der Waals surface area (Å²) < 4.78 is 12.5. The van der Waals surface area contributed by atoms with Crippen molar-refractivity contribution in [2.45, 2.75) is 13.3 Å². The maximum absolute atomic E-state index is 12.5. The monoisotopic (exact) mass is 195 g/mol. The molecule has 1 N–H and O–H groups in total. The molecular weight excluding hydrogens is 181 g/mol. The maximum Gasteiger partial charge on any atom is 0.164 e. The van der Waals surface area contributed by atoms with Gasteiger partial charge in [-0.15, -0.1) is 0 Å². The Morgan fingerprint density at radius 2 is 2.00 bits per heavy atom. The lowest BCUT2D eigenvalue weighted by molar-refractivity contribution is 0.0983. The Balaban J connectivity index is 2.48. The maximum atomic E-state index is 12.5. The third kappa shape index (κ3) is 3.26. The number of ketones is 1.